The lowest BCUT2D eigenvalue weighted by Crippen LogP contribution is -2.44. The van der Waals surface area contributed by atoms with Gasteiger partial charge in [0.25, 0.3) is 5.91 Å². The van der Waals surface area contributed by atoms with E-state index in [9.17, 15) is 14.7 Å². The van der Waals surface area contributed by atoms with Crippen LogP contribution < -0.4 is 15.5 Å². The smallest absolute Gasteiger partial charge is 0.264 e. The maximum atomic E-state index is 13.6. The van der Waals surface area contributed by atoms with Crippen LogP contribution in [0, 0.1) is 11.8 Å². The molecule has 4 rings (SSSR count). The number of amides is 2. The number of carbonyl (C=O) groups excluding carboxylic acids is 2. The van der Waals surface area contributed by atoms with Crippen molar-refractivity contribution in [3.63, 3.8) is 0 Å². The molecule has 180 valence electrons. The summed E-state index contributed by atoms with van der Waals surface area (Å²) >= 11 is 0. The second kappa shape index (κ2) is 10.5. The van der Waals surface area contributed by atoms with Gasteiger partial charge in [-0.15, -0.1) is 0 Å². The van der Waals surface area contributed by atoms with E-state index in [4.69, 9.17) is 5.11 Å². The van der Waals surface area contributed by atoms with Crippen molar-refractivity contribution < 1.29 is 19.8 Å². The third-order valence-electron chi connectivity index (χ3n) is 6.77. The third-order valence-corrected chi connectivity index (χ3v) is 6.77. The number of aliphatic hydroxyl groups is 2. The highest BCUT2D eigenvalue weighted by molar-refractivity contribution is 6.08. The van der Waals surface area contributed by atoms with E-state index in [2.05, 4.69) is 10.6 Å². The lowest BCUT2D eigenvalue weighted by molar-refractivity contribution is -0.139. The van der Waals surface area contributed by atoms with E-state index in [1.165, 1.54) is 0 Å². The Morgan fingerprint density at radius 1 is 1.29 bits per heavy atom. The first-order chi connectivity index (χ1) is 16.4. The van der Waals surface area contributed by atoms with Crippen molar-refractivity contribution in [2.24, 2.45) is 11.8 Å². The lowest BCUT2D eigenvalue weighted by atomic mass is 9.82. The van der Waals surface area contributed by atoms with Gasteiger partial charge in [0.15, 0.2) is 5.60 Å². The van der Waals surface area contributed by atoms with Gasteiger partial charge in [0, 0.05) is 30.3 Å². The van der Waals surface area contributed by atoms with E-state index in [1.54, 1.807) is 42.2 Å². The van der Waals surface area contributed by atoms with Crippen molar-refractivity contribution >= 4 is 23.2 Å². The molecule has 7 nitrogen and oxygen atoms in total. The summed E-state index contributed by atoms with van der Waals surface area (Å²) in [5.74, 6) is -1.08. The van der Waals surface area contributed by atoms with Gasteiger partial charge in [0.05, 0.1) is 18.2 Å². The summed E-state index contributed by atoms with van der Waals surface area (Å²) in [6, 6.07) is 15.0. The number of hydrogen-bond acceptors (Lipinski definition) is 5. The third kappa shape index (κ3) is 4.78. The fourth-order valence-corrected chi connectivity index (χ4v) is 4.78. The normalized spacial score (nSPS) is 23.2. The summed E-state index contributed by atoms with van der Waals surface area (Å²) in [6.45, 7) is 3.70. The lowest BCUT2D eigenvalue weighted by Gasteiger charge is -2.28. The molecule has 0 radical (unpaired) electrons. The summed E-state index contributed by atoms with van der Waals surface area (Å²) in [7, 11) is 0. The molecule has 0 aliphatic carbocycles. The van der Waals surface area contributed by atoms with Crippen LogP contribution in [0.2, 0.25) is 0 Å². The molecule has 2 heterocycles. The van der Waals surface area contributed by atoms with Crippen LogP contribution in [0.4, 0.5) is 11.4 Å². The summed E-state index contributed by atoms with van der Waals surface area (Å²) in [6.07, 6.45) is 5.78. The van der Waals surface area contributed by atoms with Crippen LogP contribution in [-0.4, -0.2) is 41.7 Å². The molecule has 4 N–H and O–H groups in total. The molecule has 2 aromatic rings. The number of nitrogens with one attached hydrogen (secondary N) is 2. The predicted molar refractivity (Wildman–Crippen MR) is 132 cm³/mol. The van der Waals surface area contributed by atoms with Gasteiger partial charge in [-0.3, -0.25) is 9.59 Å². The molecule has 2 aliphatic rings. The second-order valence-corrected chi connectivity index (χ2v) is 9.14. The van der Waals surface area contributed by atoms with Gasteiger partial charge in [-0.05, 0) is 49.6 Å². The summed E-state index contributed by atoms with van der Waals surface area (Å²) in [5.41, 5.74) is 0.860. The molecule has 0 aromatic heterocycles. The van der Waals surface area contributed by atoms with Crippen molar-refractivity contribution in [3.8, 4) is 0 Å². The number of anilines is 2. The van der Waals surface area contributed by atoms with Gasteiger partial charge in [-0.25, -0.2) is 0 Å². The van der Waals surface area contributed by atoms with Crippen molar-refractivity contribution in [2.75, 3.05) is 29.9 Å². The van der Waals surface area contributed by atoms with Gasteiger partial charge < -0.3 is 25.7 Å². The van der Waals surface area contributed by atoms with E-state index in [-0.39, 0.29) is 18.4 Å². The molecule has 1 fully saturated rings. The molecule has 2 amide bonds. The minimum Gasteiger partial charge on any atom is -0.396 e. The van der Waals surface area contributed by atoms with Crippen LogP contribution in [0.15, 0.2) is 60.7 Å². The average molecular weight is 464 g/mol. The standard InChI is InChI=1S/C27H33N3O4/c1-19(8-5-6-15-31)27(34)23-16-22(29-25(32)21-11-7-14-28-17-21)12-13-24(23)30(26(27)33)18-20-9-3-2-4-10-20/h2-5,8-10,12-13,16,19,21,28,31,34H,6-7,11,14-15,17-18H2,1H3,(H,29,32)/b8-5+/t19-,21?,27+/m1/s1. The van der Waals surface area contributed by atoms with Gasteiger partial charge in [0.1, 0.15) is 0 Å². The maximum absolute atomic E-state index is 13.6. The van der Waals surface area contributed by atoms with Crippen molar-refractivity contribution in [1.29, 1.82) is 0 Å². The number of piperidine rings is 1. The summed E-state index contributed by atoms with van der Waals surface area (Å²) < 4.78 is 0. The number of nitrogens with zero attached hydrogens (tertiary/aromatic N) is 1. The Morgan fingerprint density at radius 2 is 2.09 bits per heavy atom. The zero-order valence-electron chi connectivity index (χ0n) is 19.5. The Kier molecular flexibility index (Phi) is 7.46. The van der Waals surface area contributed by atoms with Crippen molar-refractivity contribution in [1.82, 2.24) is 5.32 Å². The first-order valence-corrected chi connectivity index (χ1v) is 12.0. The fraction of sp³-hybridized carbons (Fsp3) is 0.407. The molecular formula is C27H33N3O4. The topological polar surface area (TPSA) is 102 Å². The molecule has 0 saturated carbocycles. The zero-order chi connectivity index (χ0) is 24.1. The first-order valence-electron chi connectivity index (χ1n) is 12.0. The molecule has 2 aliphatic heterocycles. The van der Waals surface area contributed by atoms with Crippen molar-refractivity contribution in [2.45, 2.75) is 38.3 Å². The van der Waals surface area contributed by atoms with Crippen molar-refractivity contribution in [3.05, 3.63) is 71.8 Å². The van der Waals surface area contributed by atoms with Crippen LogP contribution in [-0.2, 0) is 21.7 Å². The molecule has 7 heteroatoms. The number of benzene rings is 2. The van der Waals surface area contributed by atoms with Gasteiger partial charge in [-0.2, -0.15) is 0 Å². The number of rotatable bonds is 8. The van der Waals surface area contributed by atoms with Gasteiger partial charge in [0.2, 0.25) is 5.91 Å². The average Bonchev–Trinajstić information content (AvgIpc) is 3.07. The number of fused-ring (bicyclic) bond motifs is 1. The minimum atomic E-state index is -1.77. The van der Waals surface area contributed by atoms with Gasteiger partial charge in [-0.1, -0.05) is 49.4 Å². The van der Waals surface area contributed by atoms with E-state index in [0.29, 0.717) is 36.4 Å². The van der Waals surface area contributed by atoms with E-state index in [1.807, 2.05) is 30.3 Å². The maximum Gasteiger partial charge on any atom is 0.264 e. The Hall–Kier alpha value is -3.00. The number of aliphatic hydroxyl groups excluding tert-OH is 1. The van der Waals surface area contributed by atoms with E-state index < -0.39 is 17.4 Å². The largest absolute Gasteiger partial charge is 0.396 e. The van der Waals surface area contributed by atoms with Crippen LogP contribution in [0.5, 0.6) is 0 Å². The summed E-state index contributed by atoms with van der Waals surface area (Å²) in [4.78, 5) is 28.0. The quantitative estimate of drug-likeness (QED) is 0.451. The van der Waals surface area contributed by atoms with E-state index in [0.717, 1.165) is 24.9 Å². The molecule has 1 unspecified atom stereocenters. The van der Waals surface area contributed by atoms with Crippen LogP contribution in [0.1, 0.15) is 37.3 Å². The van der Waals surface area contributed by atoms with Crippen LogP contribution >= 0.6 is 0 Å². The second-order valence-electron chi connectivity index (χ2n) is 9.14. The highest BCUT2D eigenvalue weighted by Gasteiger charge is 2.52. The highest BCUT2D eigenvalue weighted by atomic mass is 16.3. The molecular weight excluding hydrogens is 430 g/mol. The van der Waals surface area contributed by atoms with Crippen LogP contribution in [0.3, 0.4) is 0 Å². The van der Waals surface area contributed by atoms with E-state index >= 15 is 0 Å². The Balaban J connectivity index is 1.67. The molecule has 1 saturated heterocycles. The predicted octanol–water partition coefficient (Wildman–Crippen LogP) is 2.93. The summed E-state index contributed by atoms with van der Waals surface area (Å²) in [5, 5.41) is 27.2. The number of carbonyl (C=O) groups is 2. The van der Waals surface area contributed by atoms with Gasteiger partial charge >= 0.3 is 0 Å². The van der Waals surface area contributed by atoms with Crippen LogP contribution in [0.25, 0.3) is 0 Å². The monoisotopic (exact) mass is 463 g/mol. The molecule has 34 heavy (non-hydrogen) atoms. The molecule has 2 aromatic carbocycles. The molecule has 0 bridgehead atoms. The molecule has 0 spiro atoms. The minimum absolute atomic E-state index is 0.00147. The Morgan fingerprint density at radius 3 is 2.79 bits per heavy atom. The highest BCUT2D eigenvalue weighted by Crippen LogP contribution is 2.46. The fourth-order valence-electron chi connectivity index (χ4n) is 4.78. The SMILES string of the molecule is C[C@H](/C=C/CCO)[C@@]1(O)C(=O)N(Cc2ccccc2)c2ccc(NC(=O)C3CCCNC3)cc21. The Labute approximate surface area is 200 Å². The zero-order valence-corrected chi connectivity index (χ0v) is 19.5. The molecule has 3 atom stereocenters. The first kappa shape index (κ1) is 24.1. The number of hydrogen-bond donors (Lipinski definition) is 4. The Bertz CT molecular complexity index is 1050.